The van der Waals surface area contributed by atoms with E-state index in [4.69, 9.17) is 4.42 Å². The molecule has 7 nitrogen and oxygen atoms in total. The largest absolute Gasteiger partial charge is 1.00 e. The first-order valence-electron chi connectivity index (χ1n) is 8.49. The Labute approximate surface area is 184 Å². The molecular formula is C19H17NaO7S. The van der Waals surface area contributed by atoms with Gasteiger partial charge in [0.1, 0.15) is 5.76 Å². The molecule has 2 aromatic rings. The molecule has 1 atom stereocenters. The Bertz CT molecular complexity index is 1140. The zero-order chi connectivity index (χ0) is 19.9. The van der Waals surface area contributed by atoms with Crippen molar-refractivity contribution < 1.29 is 61.6 Å². The van der Waals surface area contributed by atoms with E-state index in [1.807, 2.05) is 13.8 Å². The van der Waals surface area contributed by atoms with Crippen molar-refractivity contribution in [1.29, 1.82) is 0 Å². The molecule has 28 heavy (non-hydrogen) atoms. The molecule has 0 radical (unpaired) electrons. The number of benzene rings is 1. The molecule has 1 N–H and O–H groups in total. The van der Waals surface area contributed by atoms with E-state index < -0.39 is 38.3 Å². The summed E-state index contributed by atoms with van der Waals surface area (Å²) in [6, 6.07) is 3.34. The summed E-state index contributed by atoms with van der Waals surface area (Å²) in [4.78, 5) is 25.6. The minimum Gasteiger partial charge on any atom is -0.742 e. The molecule has 1 aromatic heterocycles. The quantitative estimate of drug-likeness (QED) is 0.367. The van der Waals surface area contributed by atoms with Crippen LogP contribution in [0.3, 0.4) is 0 Å². The van der Waals surface area contributed by atoms with E-state index in [0.29, 0.717) is 24.0 Å². The molecule has 2 aliphatic rings. The van der Waals surface area contributed by atoms with Gasteiger partial charge in [-0.2, -0.15) is 0 Å². The predicted octanol–water partition coefficient (Wildman–Crippen LogP) is -0.873. The van der Waals surface area contributed by atoms with Crippen molar-refractivity contribution in [3.8, 4) is 11.3 Å². The van der Waals surface area contributed by atoms with Gasteiger partial charge in [0, 0.05) is 22.1 Å². The smallest absolute Gasteiger partial charge is 0.742 e. The molecule has 4 rings (SSSR count). The summed E-state index contributed by atoms with van der Waals surface area (Å²) in [5, 5.41) is 9.48. The van der Waals surface area contributed by atoms with Crippen molar-refractivity contribution in [3.63, 3.8) is 0 Å². The van der Waals surface area contributed by atoms with Gasteiger partial charge in [-0.3, -0.25) is 9.59 Å². The molecule has 142 valence electrons. The zero-order valence-corrected chi connectivity index (χ0v) is 18.8. The number of fused-ring (bicyclic) bond motifs is 5. The Morgan fingerprint density at radius 2 is 1.79 bits per heavy atom. The molecular weight excluding hydrogens is 395 g/mol. The van der Waals surface area contributed by atoms with E-state index in [-0.39, 0.29) is 52.0 Å². The first kappa shape index (κ1) is 21.4. The average Bonchev–Trinajstić information content (AvgIpc) is 2.93. The van der Waals surface area contributed by atoms with Crippen LogP contribution < -0.4 is 29.6 Å². The fraction of sp³-hybridized carbons (Fsp3) is 0.368. The van der Waals surface area contributed by atoms with Crippen molar-refractivity contribution in [2.24, 2.45) is 0 Å². The van der Waals surface area contributed by atoms with Crippen LogP contribution in [0.25, 0.3) is 11.3 Å². The number of hydrogen-bond donors (Lipinski definition) is 1. The fourth-order valence-electron chi connectivity index (χ4n) is 4.20. The SMILES string of the molecule is Cc1c(S(=O)(=O)[O-])oc2c1C(=O)C(=O)c1c-2ccc2c1CCC(O)C2(C)C.[Na+]. The second kappa shape index (κ2) is 6.62. The summed E-state index contributed by atoms with van der Waals surface area (Å²) in [6.45, 7) is 5.00. The molecule has 1 heterocycles. The topological polar surface area (TPSA) is 125 Å². The molecule has 0 saturated heterocycles. The number of furan rings is 1. The predicted molar refractivity (Wildman–Crippen MR) is 92.9 cm³/mol. The van der Waals surface area contributed by atoms with Gasteiger partial charge in [-0.25, -0.2) is 8.42 Å². The van der Waals surface area contributed by atoms with Crippen LogP contribution in [0, 0.1) is 6.92 Å². The maximum atomic E-state index is 12.9. The minimum atomic E-state index is -4.93. The van der Waals surface area contributed by atoms with Gasteiger partial charge < -0.3 is 14.1 Å². The van der Waals surface area contributed by atoms with Crippen molar-refractivity contribution in [2.75, 3.05) is 0 Å². The number of carbonyl (C=O) groups is 2. The minimum absolute atomic E-state index is 0. The third-order valence-electron chi connectivity index (χ3n) is 5.74. The second-order valence-electron chi connectivity index (χ2n) is 7.62. The number of aliphatic hydroxyl groups is 1. The van der Waals surface area contributed by atoms with E-state index in [1.54, 1.807) is 12.1 Å². The van der Waals surface area contributed by atoms with Crippen LogP contribution in [0.4, 0.5) is 0 Å². The van der Waals surface area contributed by atoms with Gasteiger partial charge in [-0.15, -0.1) is 0 Å². The van der Waals surface area contributed by atoms with E-state index in [2.05, 4.69) is 0 Å². The summed E-state index contributed by atoms with van der Waals surface area (Å²) in [7, 11) is -4.93. The van der Waals surface area contributed by atoms with Crippen LogP contribution in [-0.4, -0.2) is 35.7 Å². The zero-order valence-electron chi connectivity index (χ0n) is 16.0. The number of rotatable bonds is 1. The van der Waals surface area contributed by atoms with E-state index >= 15 is 0 Å². The van der Waals surface area contributed by atoms with Crippen LogP contribution in [-0.2, 0) is 22.0 Å². The van der Waals surface area contributed by atoms with Crippen molar-refractivity contribution in [2.45, 2.75) is 50.2 Å². The number of aliphatic hydroxyl groups excluding tert-OH is 1. The van der Waals surface area contributed by atoms with Gasteiger partial charge in [0.05, 0.1) is 11.7 Å². The molecule has 0 amide bonds. The maximum Gasteiger partial charge on any atom is 1.00 e. The summed E-state index contributed by atoms with van der Waals surface area (Å²) in [5.74, 6) is -1.69. The summed E-state index contributed by atoms with van der Waals surface area (Å²) in [6.07, 6.45) is 0.252. The number of carbonyl (C=O) groups excluding carboxylic acids is 2. The van der Waals surface area contributed by atoms with Gasteiger partial charge in [0.25, 0.3) is 0 Å². The van der Waals surface area contributed by atoms with E-state index in [0.717, 1.165) is 5.56 Å². The normalized spacial score (nSPS) is 20.1. The monoisotopic (exact) mass is 412 g/mol. The Morgan fingerprint density at radius 1 is 1.18 bits per heavy atom. The number of hydrogen-bond acceptors (Lipinski definition) is 7. The van der Waals surface area contributed by atoms with Crippen LogP contribution >= 0.6 is 0 Å². The molecule has 1 aromatic carbocycles. The first-order valence-corrected chi connectivity index (χ1v) is 9.90. The van der Waals surface area contributed by atoms with Crippen LogP contribution in [0.15, 0.2) is 21.6 Å². The van der Waals surface area contributed by atoms with E-state index in [1.165, 1.54) is 6.92 Å². The molecule has 0 saturated carbocycles. The molecule has 9 heteroatoms. The molecule has 0 fully saturated rings. The van der Waals surface area contributed by atoms with Crippen molar-refractivity contribution >= 4 is 21.7 Å². The fourth-order valence-corrected chi connectivity index (χ4v) is 4.86. The van der Waals surface area contributed by atoms with Crippen LogP contribution in [0.2, 0.25) is 0 Å². The summed E-state index contributed by atoms with van der Waals surface area (Å²) >= 11 is 0. The van der Waals surface area contributed by atoms with Crippen molar-refractivity contribution in [3.05, 3.63) is 39.9 Å². The van der Waals surface area contributed by atoms with Crippen LogP contribution in [0.5, 0.6) is 0 Å². The Hall–Kier alpha value is -1.29. The van der Waals surface area contributed by atoms with Gasteiger partial charge in [-0.05, 0) is 30.9 Å². The Morgan fingerprint density at radius 3 is 2.39 bits per heavy atom. The summed E-state index contributed by atoms with van der Waals surface area (Å²) in [5.41, 5.74) is 0.993. The van der Waals surface area contributed by atoms with Gasteiger partial charge >= 0.3 is 29.6 Å². The third kappa shape index (κ3) is 2.78. The molecule has 0 spiro atoms. The maximum absolute atomic E-state index is 12.9. The first-order chi connectivity index (χ1) is 12.5. The van der Waals surface area contributed by atoms with E-state index in [9.17, 15) is 27.7 Å². The molecule has 1 unspecified atom stereocenters. The van der Waals surface area contributed by atoms with Gasteiger partial charge in [0.15, 0.2) is 10.1 Å². The average molecular weight is 412 g/mol. The van der Waals surface area contributed by atoms with Crippen molar-refractivity contribution in [1.82, 2.24) is 0 Å². The molecule has 0 aliphatic heterocycles. The Kier molecular flexibility index (Phi) is 5.06. The standard InChI is InChI=1S/C19H18O7S.Na/c1-8-13-15(21)16(22)14-9-5-7-12(20)19(2,3)11(9)6-4-10(14)17(13)26-18(8)27(23,24)25;/h4,6,12,20H,5,7H2,1-3H3,(H,23,24,25);/q;+1/p-1. The number of Topliss-reactive ketones (excluding diaryl/α,β-unsaturated/α-hetero) is 2. The molecule has 0 bridgehead atoms. The second-order valence-corrected chi connectivity index (χ2v) is 8.90. The van der Waals surface area contributed by atoms with Crippen LogP contribution in [0.1, 0.15) is 57.7 Å². The van der Waals surface area contributed by atoms with Gasteiger partial charge in [0.2, 0.25) is 16.7 Å². The number of ketones is 2. The molecule has 2 aliphatic carbocycles. The summed E-state index contributed by atoms with van der Waals surface area (Å²) < 4.78 is 39.6. The Balaban J connectivity index is 0.00000225. The third-order valence-corrected chi connectivity index (χ3v) is 6.59. The van der Waals surface area contributed by atoms with Gasteiger partial charge in [-0.1, -0.05) is 26.0 Å².